The molecule has 2 amide bonds. The second kappa shape index (κ2) is 8.89. The van der Waals surface area contributed by atoms with E-state index >= 15 is 0 Å². The molecule has 5 rings (SSSR count). The Morgan fingerprint density at radius 3 is 2.27 bits per heavy atom. The van der Waals surface area contributed by atoms with Crippen molar-refractivity contribution in [2.24, 2.45) is 5.92 Å². The average molecular weight is 449 g/mol. The molecule has 2 aromatic rings. The summed E-state index contributed by atoms with van der Waals surface area (Å²) in [5.41, 5.74) is 4.63. The molecule has 172 valence electrons. The van der Waals surface area contributed by atoms with Crippen LogP contribution in [0, 0.1) is 5.92 Å². The first-order chi connectivity index (χ1) is 16.0. The van der Waals surface area contributed by atoms with E-state index in [1.807, 2.05) is 24.3 Å². The fourth-order valence-corrected chi connectivity index (χ4v) is 5.72. The number of alkyl carbamates (subject to hydrolysis) is 1. The van der Waals surface area contributed by atoms with Gasteiger partial charge in [0.25, 0.3) is 0 Å². The lowest BCUT2D eigenvalue weighted by molar-refractivity contribution is -0.150. The van der Waals surface area contributed by atoms with Crippen LogP contribution < -0.4 is 5.32 Å². The molecule has 2 fully saturated rings. The minimum atomic E-state index is -0.958. The Bertz CT molecular complexity index is 1040. The molecule has 33 heavy (non-hydrogen) atoms. The number of ether oxygens (including phenoxy) is 1. The second-order valence-electron chi connectivity index (χ2n) is 9.14. The molecular weight excluding hydrogens is 420 g/mol. The number of benzene rings is 2. The first-order valence-corrected chi connectivity index (χ1v) is 11.7. The number of rotatable bonds is 5. The maximum absolute atomic E-state index is 13.1. The van der Waals surface area contributed by atoms with Crippen molar-refractivity contribution in [2.45, 2.75) is 50.1 Å². The van der Waals surface area contributed by atoms with E-state index in [0.29, 0.717) is 32.2 Å². The van der Waals surface area contributed by atoms with E-state index in [0.717, 1.165) is 17.5 Å². The summed E-state index contributed by atoms with van der Waals surface area (Å²) < 4.78 is 5.65. The van der Waals surface area contributed by atoms with Gasteiger partial charge in [-0.15, -0.1) is 0 Å². The van der Waals surface area contributed by atoms with Crippen LogP contribution in [0.4, 0.5) is 4.79 Å². The summed E-state index contributed by atoms with van der Waals surface area (Å²) in [5.74, 6) is -1.54. The summed E-state index contributed by atoms with van der Waals surface area (Å²) in [6.45, 7) is 0.683. The van der Waals surface area contributed by atoms with Gasteiger partial charge in [-0.2, -0.15) is 0 Å². The van der Waals surface area contributed by atoms with Crippen LogP contribution in [0.3, 0.4) is 0 Å². The fraction of sp³-hybridized carbons (Fsp3) is 0.423. The Labute approximate surface area is 192 Å². The summed E-state index contributed by atoms with van der Waals surface area (Å²) in [7, 11) is 0. The highest BCUT2D eigenvalue weighted by Crippen LogP contribution is 2.44. The minimum Gasteiger partial charge on any atom is -0.480 e. The minimum absolute atomic E-state index is 0.0231. The van der Waals surface area contributed by atoms with Crippen molar-refractivity contribution in [1.82, 2.24) is 10.2 Å². The van der Waals surface area contributed by atoms with Crippen LogP contribution in [-0.2, 0) is 14.3 Å². The first kappa shape index (κ1) is 21.5. The third kappa shape index (κ3) is 3.96. The molecular formula is C26H28N2O5. The molecule has 1 heterocycles. The predicted octanol–water partition coefficient (Wildman–Crippen LogP) is 3.77. The number of carboxylic acid groups (broad SMARTS) is 1. The van der Waals surface area contributed by atoms with Crippen LogP contribution in [0.15, 0.2) is 48.5 Å². The molecule has 1 saturated carbocycles. The molecule has 1 aliphatic heterocycles. The SMILES string of the molecule is O=C(N[C@H]1CCC[C@H]1C(=O)N1CCC[C@@H]1C(=O)O)OCC1c2ccccc2-c2ccccc21. The molecule has 3 atom stereocenters. The lowest BCUT2D eigenvalue weighted by atomic mass is 9.98. The Hall–Kier alpha value is -3.35. The number of aliphatic carboxylic acids is 1. The van der Waals surface area contributed by atoms with E-state index in [1.54, 1.807) is 0 Å². The Morgan fingerprint density at radius 2 is 1.61 bits per heavy atom. The van der Waals surface area contributed by atoms with E-state index in [1.165, 1.54) is 16.0 Å². The number of amides is 2. The van der Waals surface area contributed by atoms with Crippen molar-refractivity contribution in [1.29, 1.82) is 0 Å². The number of hydrogen-bond acceptors (Lipinski definition) is 4. The van der Waals surface area contributed by atoms with Crippen molar-refractivity contribution in [3.05, 3.63) is 59.7 Å². The van der Waals surface area contributed by atoms with Crippen LogP contribution in [0.1, 0.15) is 49.1 Å². The van der Waals surface area contributed by atoms with E-state index < -0.39 is 24.0 Å². The number of carboxylic acids is 1. The summed E-state index contributed by atoms with van der Waals surface area (Å²) in [6, 6.07) is 15.2. The van der Waals surface area contributed by atoms with Gasteiger partial charge in [0.2, 0.25) is 5.91 Å². The molecule has 0 bridgehead atoms. The van der Waals surface area contributed by atoms with Crippen LogP contribution >= 0.6 is 0 Å². The summed E-state index contributed by atoms with van der Waals surface area (Å²) in [4.78, 5) is 38.7. The second-order valence-corrected chi connectivity index (χ2v) is 9.14. The molecule has 7 nitrogen and oxygen atoms in total. The summed E-state index contributed by atoms with van der Waals surface area (Å²) >= 11 is 0. The van der Waals surface area contributed by atoms with Gasteiger partial charge in [-0.3, -0.25) is 4.79 Å². The Kier molecular flexibility index (Phi) is 5.79. The Balaban J connectivity index is 1.23. The van der Waals surface area contributed by atoms with Gasteiger partial charge >= 0.3 is 12.1 Å². The lowest BCUT2D eigenvalue weighted by Gasteiger charge is -2.28. The zero-order chi connectivity index (χ0) is 22.9. The molecule has 2 aliphatic carbocycles. The van der Waals surface area contributed by atoms with Gasteiger partial charge in [0.1, 0.15) is 12.6 Å². The van der Waals surface area contributed by atoms with E-state index in [4.69, 9.17) is 4.74 Å². The van der Waals surface area contributed by atoms with Crippen LogP contribution in [0.25, 0.3) is 11.1 Å². The van der Waals surface area contributed by atoms with E-state index in [2.05, 4.69) is 29.6 Å². The van der Waals surface area contributed by atoms with Crippen LogP contribution in [0.5, 0.6) is 0 Å². The fourth-order valence-electron chi connectivity index (χ4n) is 5.72. The number of hydrogen-bond donors (Lipinski definition) is 2. The molecule has 2 aromatic carbocycles. The molecule has 0 aromatic heterocycles. The van der Waals surface area contributed by atoms with E-state index in [-0.39, 0.29) is 24.5 Å². The standard InChI is InChI=1S/C26H28N2O5/c29-24(28-14-6-13-23(28)25(30)31)20-11-5-12-22(20)27-26(32)33-15-21-18-9-3-1-7-16(18)17-8-2-4-10-19(17)21/h1-4,7-10,20-23H,5-6,11-15H2,(H,27,32)(H,30,31)/t20-,22+,23-/m1/s1. The average Bonchev–Trinajstić information content (AvgIpc) is 3.55. The molecule has 7 heteroatoms. The molecule has 0 unspecified atom stereocenters. The van der Waals surface area contributed by atoms with Crippen molar-refractivity contribution in [3.8, 4) is 11.1 Å². The maximum Gasteiger partial charge on any atom is 0.407 e. The quantitative estimate of drug-likeness (QED) is 0.726. The normalized spacial score (nSPS) is 23.8. The third-order valence-corrected chi connectivity index (χ3v) is 7.30. The summed E-state index contributed by atoms with van der Waals surface area (Å²) in [5, 5.41) is 12.3. The Morgan fingerprint density at radius 1 is 0.939 bits per heavy atom. The molecule has 0 radical (unpaired) electrons. The molecule has 0 spiro atoms. The highest BCUT2D eigenvalue weighted by molar-refractivity contribution is 5.87. The number of nitrogens with zero attached hydrogens (tertiary/aromatic N) is 1. The van der Waals surface area contributed by atoms with Gasteiger partial charge < -0.3 is 20.1 Å². The monoisotopic (exact) mass is 448 g/mol. The van der Waals surface area contributed by atoms with Gasteiger partial charge in [0, 0.05) is 18.5 Å². The third-order valence-electron chi connectivity index (χ3n) is 7.30. The molecule has 1 saturated heterocycles. The smallest absolute Gasteiger partial charge is 0.407 e. The topological polar surface area (TPSA) is 95.9 Å². The molecule has 2 N–H and O–H groups in total. The van der Waals surface area contributed by atoms with Crippen LogP contribution in [0.2, 0.25) is 0 Å². The van der Waals surface area contributed by atoms with Crippen molar-refractivity contribution < 1.29 is 24.2 Å². The zero-order valence-electron chi connectivity index (χ0n) is 18.4. The zero-order valence-corrected chi connectivity index (χ0v) is 18.4. The number of carbonyl (C=O) groups excluding carboxylic acids is 2. The van der Waals surface area contributed by atoms with Gasteiger partial charge in [0.05, 0.1) is 5.92 Å². The van der Waals surface area contributed by atoms with Crippen LogP contribution in [-0.4, -0.2) is 53.2 Å². The van der Waals surface area contributed by atoms with Crippen molar-refractivity contribution in [3.63, 3.8) is 0 Å². The number of fused-ring (bicyclic) bond motifs is 3. The largest absolute Gasteiger partial charge is 0.480 e. The van der Waals surface area contributed by atoms with Crippen molar-refractivity contribution >= 4 is 18.0 Å². The van der Waals surface area contributed by atoms with Gasteiger partial charge in [-0.05, 0) is 47.9 Å². The number of likely N-dealkylation sites (tertiary alicyclic amines) is 1. The van der Waals surface area contributed by atoms with Crippen molar-refractivity contribution in [2.75, 3.05) is 13.2 Å². The van der Waals surface area contributed by atoms with Gasteiger partial charge in [-0.1, -0.05) is 55.0 Å². The number of carbonyl (C=O) groups is 3. The highest BCUT2D eigenvalue weighted by atomic mass is 16.5. The summed E-state index contributed by atoms with van der Waals surface area (Å²) in [6.07, 6.45) is 2.80. The number of nitrogens with one attached hydrogen (secondary N) is 1. The van der Waals surface area contributed by atoms with Gasteiger partial charge in [0.15, 0.2) is 0 Å². The molecule has 3 aliphatic rings. The van der Waals surface area contributed by atoms with Gasteiger partial charge in [-0.25, -0.2) is 9.59 Å². The first-order valence-electron chi connectivity index (χ1n) is 11.7. The highest BCUT2D eigenvalue weighted by Gasteiger charge is 2.42. The van der Waals surface area contributed by atoms with E-state index in [9.17, 15) is 19.5 Å². The predicted molar refractivity (Wildman–Crippen MR) is 122 cm³/mol. The lowest BCUT2D eigenvalue weighted by Crippen LogP contribution is -2.49. The maximum atomic E-state index is 13.1.